The van der Waals surface area contributed by atoms with E-state index in [1.165, 1.54) is 10.9 Å². The number of amides is 1. The molecule has 0 radical (unpaired) electrons. The normalized spacial score (nSPS) is 11.4. The van der Waals surface area contributed by atoms with E-state index in [-0.39, 0.29) is 17.3 Å². The molecular weight excluding hydrogens is 374 g/mol. The third-order valence-electron chi connectivity index (χ3n) is 3.37. The first-order valence-electron chi connectivity index (χ1n) is 7.72. The maximum atomic E-state index is 12.5. The molecule has 0 saturated heterocycles. The van der Waals surface area contributed by atoms with Crippen molar-refractivity contribution in [2.24, 2.45) is 5.10 Å². The van der Waals surface area contributed by atoms with Gasteiger partial charge < -0.3 is 10.6 Å². The van der Waals surface area contributed by atoms with Gasteiger partial charge in [-0.15, -0.1) is 5.10 Å². The van der Waals surface area contributed by atoms with Gasteiger partial charge in [-0.25, -0.2) is 10.1 Å². The second kappa shape index (κ2) is 7.93. The summed E-state index contributed by atoms with van der Waals surface area (Å²) in [5.41, 5.74) is 9.40. The predicted molar refractivity (Wildman–Crippen MR) is 97.5 cm³/mol. The second-order valence-corrected chi connectivity index (χ2v) is 6.20. The van der Waals surface area contributed by atoms with Crippen molar-refractivity contribution in [2.45, 2.75) is 6.54 Å². The number of aromatic nitrogens is 5. The molecular formula is C15H16ClN9O2. The number of nitrogen functional groups attached to an aromatic ring is 1. The summed E-state index contributed by atoms with van der Waals surface area (Å²) in [5.74, 6) is -0.349. The SMILES string of the molecule is CN(C)Cc1c(C(=O)N/N=C\c2cccc(Cl)c2)nnn1-c1nonc1N. The fraction of sp³-hybridized carbons (Fsp3) is 0.200. The molecule has 0 atom stereocenters. The summed E-state index contributed by atoms with van der Waals surface area (Å²) >= 11 is 5.91. The quantitative estimate of drug-likeness (QED) is 0.464. The van der Waals surface area contributed by atoms with E-state index < -0.39 is 5.91 Å². The molecule has 2 aromatic heterocycles. The number of hydrogen-bond acceptors (Lipinski definition) is 9. The third kappa shape index (κ3) is 4.27. The van der Waals surface area contributed by atoms with Crippen molar-refractivity contribution in [1.29, 1.82) is 0 Å². The summed E-state index contributed by atoms with van der Waals surface area (Å²) in [6, 6.07) is 7.04. The van der Waals surface area contributed by atoms with Gasteiger partial charge in [0.1, 0.15) is 0 Å². The lowest BCUT2D eigenvalue weighted by Crippen LogP contribution is -2.23. The molecule has 0 aliphatic rings. The number of carbonyl (C=O) groups is 1. The van der Waals surface area contributed by atoms with Crippen molar-refractivity contribution in [3.63, 3.8) is 0 Å². The van der Waals surface area contributed by atoms with E-state index in [4.69, 9.17) is 17.3 Å². The minimum Gasteiger partial charge on any atom is -0.378 e. The lowest BCUT2D eigenvalue weighted by Gasteiger charge is -2.11. The Bertz CT molecular complexity index is 979. The van der Waals surface area contributed by atoms with Crippen molar-refractivity contribution in [3.05, 3.63) is 46.2 Å². The number of carbonyl (C=O) groups excluding carboxylic acids is 1. The number of halogens is 1. The molecule has 0 fully saturated rings. The highest BCUT2D eigenvalue weighted by molar-refractivity contribution is 6.30. The summed E-state index contributed by atoms with van der Waals surface area (Å²) in [5, 5.41) is 19.6. The number of hydrogen-bond donors (Lipinski definition) is 2. The Morgan fingerprint density at radius 3 is 2.93 bits per heavy atom. The van der Waals surface area contributed by atoms with Crippen LogP contribution < -0.4 is 11.2 Å². The number of nitrogens with zero attached hydrogens (tertiary/aromatic N) is 7. The third-order valence-corrected chi connectivity index (χ3v) is 3.60. The Kier molecular flexibility index (Phi) is 5.43. The van der Waals surface area contributed by atoms with Gasteiger partial charge >= 0.3 is 0 Å². The van der Waals surface area contributed by atoms with E-state index in [0.29, 0.717) is 17.3 Å². The van der Waals surface area contributed by atoms with Crippen LogP contribution >= 0.6 is 11.6 Å². The predicted octanol–water partition coefficient (Wildman–Crippen LogP) is 0.711. The molecule has 3 N–H and O–H groups in total. The van der Waals surface area contributed by atoms with Crippen LogP contribution in [0.5, 0.6) is 0 Å². The molecule has 3 aromatic rings. The highest BCUT2D eigenvalue weighted by atomic mass is 35.5. The van der Waals surface area contributed by atoms with E-state index in [1.807, 2.05) is 19.0 Å². The van der Waals surface area contributed by atoms with Crippen LogP contribution in [0.1, 0.15) is 21.7 Å². The summed E-state index contributed by atoms with van der Waals surface area (Å²) in [6.45, 7) is 0.347. The lowest BCUT2D eigenvalue weighted by molar-refractivity contribution is 0.0948. The van der Waals surface area contributed by atoms with E-state index in [0.717, 1.165) is 5.56 Å². The molecule has 0 aliphatic heterocycles. The summed E-state index contributed by atoms with van der Waals surface area (Å²) in [4.78, 5) is 14.3. The molecule has 0 spiro atoms. The average molecular weight is 390 g/mol. The summed E-state index contributed by atoms with van der Waals surface area (Å²) in [7, 11) is 3.67. The Labute approximate surface area is 158 Å². The van der Waals surface area contributed by atoms with Crippen molar-refractivity contribution in [2.75, 3.05) is 19.8 Å². The molecule has 140 valence electrons. The molecule has 0 saturated carbocycles. The van der Waals surface area contributed by atoms with Gasteiger partial charge in [0.2, 0.25) is 11.6 Å². The van der Waals surface area contributed by atoms with Gasteiger partial charge in [0.25, 0.3) is 5.91 Å². The zero-order chi connectivity index (χ0) is 19.4. The van der Waals surface area contributed by atoms with Gasteiger partial charge in [0.05, 0.1) is 11.9 Å². The molecule has 1 aromatic carbocycles. The summed E-state index contributed by atoms with van der Waals surface area (Å²) in [6.07, 6.45) is 1.47. The van der Waals surface area contributed by atoms with Gasteiger partial charge in [-0.1, -0.05) is 28.9 Å². The minimum absolute atomic E-state index is 0.0332. The Hall–Kier alpha value is -3.31. The maximum absolute atomic E-state index is 12.5. The first-order chi connectivity index (χ1) is 13.0. The fourth-order valence-corrected chi connectivity index (χ4v) is 2.43. The molecule has 1 amide bonds. The van der Waals surface area contributed by atoms with E-state index in [2.05, 4.69) is 35.8 Å². The van der Waals surface area contributed by atoms with Crippen molar-refractivity contribution in [1.82, 2.24) is 35.6 Å². The first kappa shape index (κ1) is 18.5. The Morgan fingerprint density at radius 2 is 2.26 bits per heavy atom. The van der Waals surface area contributed by atoms with Gasteiger partial charge in [0, 0.05) is 11.6 Å². The van der Waals surface area contributed by atoms with Crippen LogP contribution in [-0.2, 0) is 6.54 Å². The van der Waals surface area contributed by atoms with Crippen LogP contribution in [0, 0.1) is 0 Å². The molecule has 0 aliphatic carbocycles. The largest absolute Gasteiger partial charge is 0.378 e. The van der Waals surface area contributed by atoms with Crippen molar-refractivity contribution >= 4 is 29.5 Å². The summed E-state index contributed by atoms with van der Waals surface area (Å²) < 4.78 is 5.90. The highest BCUT2D eigenvalue weighted by Gasteiger charge is 2.24. The van der Waals surface area contributed by atoms with Gasteiger partial charge in [0.15, 0.2) is 5.69 Å². The van der Waals surface area contributed by atoms with Crippen LogP contribution in [0.25, 0.3) is 5.82 Å². The average Bonchev–Trinajstić information content (AvgIpc) is 3.20. The number of hydrazone groups is 1. The molecule has 0 bridgehead atoms. The minimum atomic E-state index is -0.536. The van der Waals surface area contributed by atoms with Crippen LogP contribution in [0.15, 0.2) is 34.0 Å². The number of rotatable bonds is 6. The zero-order valence-electron chi connectivity index (χ0n) is 14.5. The Balaban J connectivity index is 1.84. The maximum Gasteiger partial charge on any atom is 0.293 e. The number of benzene rings is 1. The Morgan fingerprint density at radius 1 is 1.44 bits per heavy atom. The monoisotopic (exact) mass is 389 g/mol. The van der Waals surface area contributed by atoms with Gasteiger partial charge in [-0.2, -0.15) is 9.78 Å². The molecule has 0 unspecified atom stereocenters. The number of nitrogens with one attached hydrogen (secondary N) is 1. The topological polar surface area (TPSA) is 140 Å². The van der Waals surface area contributed by atoms with Crippen LogP contribution in [0.3, 0.4) is 0 Å². The smallest absolute Gasteiger partial charge is 0.293 e. The van der Waals surface area contributed by atoms with Crippen LogP contribution in [-0.4, -0.2) is 56.4 Å². The molecule has 27 heavy (non-hydrogen) atoms. The molecule has 3 rings (SSSR count). The zero-order valence-corrected chi connectivity index (χ0v) is 15.3. The highest BCUT2D eigenvalue weighted by Crippen LogP contribution is 2.16. The molecule has 2 heterocycles. The van der Waals surface area contributed by atoms with Crippen molar-refractivity contribution < 1.29 is 9.42 Å². The van der Waals surface area contributed by atoms with Crippen molar-refractivity contribution in [3.8, 4) is 5.82 Å². The molecule has 12 heteroatoms. The number of anilines is 1. The first-order valence-corrected chi connectivity index (χ1v) is 8.10. The second-order valence-electron chi connectivity index (χ2n) is 5.76. The standard InChI is InChI=1S/C15H16ClN9O2/c1-24(2)8-11-12(19-23-25(11)14-13(17)21-27-22-14)15(26)20-18-7-9-4-3-5-10(16)6-9/h3-7H,8H2,1-2H3,(H2,17,21)(H,20,26)/b18-7-. The van der Waals surface area contributed by atoms with Gasteiger partial charge in [-0.05, 0) is 42.1 Å². The van der Waals surface area contributed by atoms with E-state index in [1.54, 1.807) is 24.3 Å². The van der Waals surface area contributed by atoms with E-state index in [9.17, 15) is 4.79 Å². The van der Waals surface area contributed by atoms with Crippen LogP contribution in [0.4, 0.5) is 5.82 Å². The van der Waals surface area contributed by atoms with E-state index >= 15 is 0 Å². The van der Waals surface area contributed by atoms with Crippen LogP contribution in [0.2, 0.25) is 5.02 Å². The van der Waals surface area contributed by atoms with Gasteiger partial charge in [-0.3, -0.25) is 4.79 Å². The fourth-order valence-electron chi connectivity index (χ4n) is 2.23. The molecule has 11 nitrogen and oxygen atoms in total. The lowest BCUT2D eigenvalue weighted by atomic mass is 10.2. The number of nitrogens with two attached hydrogens (primary N) is 1.